The van der Waals surface area contributed by atoms with E-state index in [0.717, 1.165) is 17.0 Å². The van der Waals surface area contributed by atoms with Crippen molar-refractivity contribution >= 4 is 0 Å². The summed E-state index contributed by atoms with van der Waals surface area (Å²) in [6, 6.07) is 5.67. The highest BCUT2D eigenvalue weighted by atomic mass is 19.1. The van der Waals surface area contributed by atoms with Crippen molar-refractivity contribution in [2.75, 3.05) is 7.05 Å². The molecule has 1 N–H and O–H groups in total. The molecule has 3 atom stereocenters. The Balaban J connectivity index is 2.28. The third-order valence-electron chi connectivity index (χ3n) is 4.09. The van der Waals surface area contributed by atoms with Gasteiger partial charge >= 0.3 is 0 Å². The first-order chi connectivity index (χ1) is 8.11. The molecule has 0 saturated heterocycles. The van der Waals surface area contributed by atoms with Crippen LogP contribution in [0.1, 0.15) is 43.4 Å². The van der Waals surface area contributed by atoms with Crippen molar-refractivity contribution in [2.45, 2.75) is 39.2 Å². The van der Waals surface area contributed by atoms with Crippen LogP contribution in [0.3, 0.4) is 0 Å². The topological polar surface area (TPSA) is 12.0 Å². The molecule has 1 aliphatic carbocycles. The summed E-state index contributed by atoms with van der Waals surface area (Å²) < 4.78 is 13.5. The van der Waals surface area contributed by atoms with Crippen LogP contribution in [0.2, 0.25) is 0 Å². The number of nitrogens with one attached hydrogen (secondary N) is 1. The second-order valence-corrected chi connectivity index (χ2v) is 5.40. The molecule has 0 aromatic heterocycles. The minimum absolute atomic E-state index is 0.120. The fourth-order valence-corrected chi connectivity index (χ4v) is 3.24. The molecule has 3 unspecified atom stereocenters. The van der Waals surface area contributed by atoms with Gasteiger partial charge in [-0.05, 0) is 55.5 Å². The van der Waals surface area contributed by atoms with Crippen molar-refractivity contribution in [3.05, 3.63) is 35.1 Å². The molecule has 1 aromatic carbocycles. The van der Waals surface area contributed by atoms with Crippen LogP contribution in [0.15, 0.2) is 18.2 Å². The maximum atomic E-state index is 13.5. The van der Waals surface area contributed by atoms with Gasteiger partial charge in [-0.1, -0.05) is 25.8 Å². The monoisotopic (exact) mass is 235 g/mol. The highest BCUT2D eigenvalue weighted by molar-refractivity contribution is 5.27. The molecule has 2 rings (SSSR count). The van der Waals surface area contributed by atoms with Crippen LogP contribution in [-0.2, 0) is 0 Å². The number of hydrogen-bond donors (Lipinski definition) is 1. The standard InChI is InChI=1S/C15H22FN/c1-10-7-12(9-13(16)8-10)15(17-3)14-6-4-5-11(14)2/h7-9,11,14-15,17H,4-6H2,1-3H3. The van der Waals surface area contributed by atoms with Crippen LogP contribution in [-0.4, -0.2) is 7.05 Å². The van der Waals surface area contributed by atoms with Crippen LogP contribution in [0.25, 0.3) is 0 Å². The van der Waals surface area contributed by atoms with E-state index in [1.165, 1.54) is 19.3 Å². The molecule has 0 bridgehead atoms. The third kappa shape index (κ3) is 2.68. The van der Waals surface area contributed by atoms with E-state index in [0.29, 0.717) is 12.0 Å². The van der Waals surface area contributed by atoms with Crippen LogP contribution < -0.4 is 5.32 Å². The van der Waals surface area contributed by atoms with Gasteiger partial charge in [0.05, 0.1) is 0 Å². The van der Waals surface area contributed by atoms with Gasteiger partial charge in [0.25, 0.3) is 0 Å². The quantitative estimate of drug-likeness (QED) is 0.839. The first-order valence-electron chi connectivity index (χ1n) is 6.56. The number of halogens is 1. The van der Waals surface area contributed by atoms with Gasteiger partial charge in [-0.2, -0.15) is 0 Å². The summed E-state index contributed by atoms with van der Waals surface area (Å²) in [6.45, 7) is 4.27. The number of aryl methyl sites for hydroxylation is 1. The Kier molecular flexibility index (Phi) is 3.82. The molecule has 2 heteroatoms. The average Bonchev–Trinajstić information content (AvgIpc) is 2.65. The summed E-state index contributed by atoms with van der Waals surface area (Å²) in [4.78, 5) is 0. The summed E-state index contributed by atoms with van der Waals surface area (Å²) >= 11 is 0. The molecular weight excluding hydrogens is 213 g/mol. The van der Waals surface area contributed by atoms with E-state index in [9.17, 15) is 4.39 Å². The second kappa shape index (κ2) is 5.18. The smallest absolute Gasteiger partial charge is 0.123 e. The van der Waals surface area contributed by atoms with Crippen LogP contribution in [0, 0.1) is 24.6 Å². The summed E-state index contributed by atoms with van der Waals surface area (Å²) in [5, 5.41) is 3.38. The van der Waals surface area contributed by atoms with Crippen molar-refractivity contribution in [3.63, 3.8) is 0 Å². The van der Waals surface area contributed by atoms with E-state index in [1.54, 1.807) is 12.1 Å². The predicted octanol–water partition coefficient (Wildman–Crippen LogP) is 3.83. The average molecular weight is 235 g/mol. The van der Waals surface area contributed by atoms with Gasteiger partial charge in [0.15, 0.2) is 0 Å². The lowest BCUT2D eigenvalue weighted by molar-refractivity contribution is 0.314. The number of benzene rings is 1. The lowest BCUT2D eigenvalue weighted by atomic mass is 9.85. The molecule has 17 heavy (non-hydrogen) atoms. The maximum absolute atomic E-state index is 13.5. The van der Waals surface area contributed by atoms with E-state index in [4.69, 9.17) is 0 Å². The van der Waals surface area contributed by atoms with Crippen LogP contribution >= 0.6 is 0 Å². The Hall–Kier alpha value is -0.890. The Morgan fingerprint density at radius 2 is 2.06 bits per heavy atom. The van der Waals surface area contributed by atoms with E-state index in [1.807, 2.05) is 14.0 Å². The molecule has 1 fully saturated rings. The van der Waals surface area contributed by atoms with Crippen molar-refractivity contribution in [2.24, 2.45) is 11.8 Å². The highest BCUT2D eigenvalue weighted by Crippen LogP contribution is 2.40. The number of hydrogen-bond acceptors (Lipinski definition) is 1. The van der Waals surface area contributed by atoms with E-state index >= 15 is 0 Å². The Morgan fingerprint density at radius 3 is 2.59 bits per heavy atom. The second-order valence-electron chi connectivity index (χ2n) is 5.40. The summed E-state index contributed by atoms with van der Waals surface area (Å²) in [7, 11) is 1.98. The molecule has 0 radical (unpaired) electrons. The van der Waals surface area contributed by atoms with Gasteiger partial charge < -0.3 is 5.32 Å². The normalized spacial score (nSPS) is 26.1. The first-order valence-corrected chi connectivity index (χ1v) is 6.56. The number of rotatable bonds is 3. The molecule has 1 aromatic rings. The zero-order valence-corrected chi connectivity index (χ0v) is 11.0. The van der Waals surface area contributed by atoms with Crippen LogP contribution in [0.5, 0.6) is 0 Å². The molecular formula is C15H22FN. The Morgan fingerprint density at radius 1 is 1.29 bits per heavy atom. The third-order valence-corrected chi connectivity index (χ3v) is 4.09. The molecule has 1 aliphatic rings. The fourth-order valence-electron chi connectivity index (χ4n) is 3.24. The molecule has 0 heterocycles. The van der Waals surface area contributed by atoms with Crippen molar-refractivity contribution < 1.29 is 4.39 Å². The van der Waals surface area contributed by atoms with Gasteiger partial charge in [-0.3, -0.25) is 0 Å². The summed E-state index contributed by atoms with van der Waals surface area (Å²) in [6.07, 6.45) is 3.86. The van der Waals surface area contributed by atoms with Crippen molar-refractivity contribution in [1.82, 2.24) is 5.32 Å². The summed E-state index contributed by atoms with van der Waals surface area (Å²) in [5.41, 5.74) is 2.11. The molecule has 0 spiro atoms. The summed E-state index contributed by atoms with van der Waals surface area (Å²) in [5.74, 6) is 1.25. The lowest BCUT2D eigenvalue weighted by Gasteiger charge is -2.27. The minimum atomic E-state index is -0.120. The predicted molar refractivity (Wildman–Crippen MR) is 69.4 cm³/mol. The fraction of sp³-hybridized carbons (Fsp3) is 0.600. The van der Waals surface area contributed by atoms with E-state index < -0.39 is 0 Å². The van der Waals surface area contributed by atoms with Gasteiger partial charge in [0.2, 0.25) is 0 Å². The zero-order chi connectivity index (χ0) is 12.4. The van der Waals surface area contributed by atoms with E-state index in [-0.39, 0.29) is 5.82 Å². The molecule has 1 nitrogen and oxygen atoms in total. The van der Waals surface area contributed by atoms with Crippen LogP contribution in [0.4, 0.5) is 4.39 Å². The van der Waals surface area contributed by atoms with Gasteiger partial charge in [0.1, 0.15) is 5.82 Å². The van der Waals surface area contributed by atoms with Crippen molar-refractivity contribution in [3.8, 4) is 0 Å². The first kappa shape index (κ1) is 12.6. The minimum Gasteiger partial charge on any atom is -0.313 e. The Labute approximate surface area is 103 Å². The van der Waals surface area contributed by atoms with Crippen molar-refractivity contribution in [1.29, 1.82) is 0 Å². The zero-order valence-electron chi connectivity index (χ0n) is 11.0. The highest BCUT2D eigenvalue weighted by Gasteiger charge is 2.31. The molecule has 0 amide bonds. The van der Waals surface area contributed by atoms with Gasteiger partial charge in [-0.25, -0.2) is 4.39 Å². The van der Waals surface area contributed by atoms with E-state index in [2.05, 4.69) is 18.3 Å². The molecule has 1 saturated carbocycles. The largest absolute Gasteiger partial charge is 0.313 e. The lowest BCUT2D eigenvalue weighted by Crippen LogP contribution is -2.27. The SMILES string of the molecule is CNC(c1cc(C)cc(F)c1)C1CCCC1C. The molecule has 0 aliphatic heterocycles. The molecule has 94 valence electrons. The Bertz CT molecular complexity index is 368. The van der Waals surface area contributed by atoms with Gasteiger partial charge in [0, 0.05) is 6.04 Å². The maximum Gasteiger partial charge on any atom is 0.123 e. The van der Waals surface area contributed by atoms with Gasteiger partial charge in [-0.15, -0.1) is 0 Å².